The summed E-state index contributed by atoms with van der Waals surface area (Å²) in [6.45, 7) is 2.92. The summed E-state index contributed by atoms with van der Waals surface area (Å²) < 4.78 is 24.7. The molecule has 0 amide bonds. The van der Waals surface area contributed by atoms with E-state index < -0.39 is 9.84 Å². The molecule has 6 nitrogen and oxygen atoms in total. The van der Waals surface area contributed by atoms with Gasteiger partial charge in [0.15, 0.2) is 5.82 Å². The highest BCUT2D eigenvalue weighted by Gasteiger charge is 2.17. The van der Waals surface area contributed by atoms with Gasteiger partial charge in [0.1, 0.15) is 15.4 Å². The molecule has 2 N–H and O–H groups in total. The van der Waals surface area contributed by atoms with E-state index in [1.807, 2.05) is 28.9 Å². The number of sulfone groups is 1. The molecule has 7 heteroatoms. The van der Waals surface area contributed by atoms with Crippen LogP contribution in [-0.2, 0) is 22.8 Å². The smallest absolute Gasteiger partial charge is 0.152 e. The molecule has 2 heterocycles. The van der Waals surface area contributed by atoms with Crippen LogP contribution < -0.4 is 5.73 Å². The van der Waals surface area contributed by atoms with Gasteiger partial charge in [-0.2, -0.15) is 5.10 Å². The van der Waals surface area contributed by atoms with Crippen molar-refractivity contribution in [2.24, 2.45) is 0 Å². The first-order valence-electron chi connectivity index (χ1n) is 8.62. The Balaban J connectivity index is 2.05. The maximum Gasteiger partial charge on any atom is 0.152 e. The molecular formula is C18H24N4O2S. The lowest BCUT2D eigenvalue weighted by Crippen LogP contribution is -2.07. The standard InChI is InChI=1S/C18H24N4O2S/c1-3-11-22-15(10-6-7-12-25(2,23)24)16-13-8-4-5-9-14(13)20-18(19)17(16)21-22/h4-5,8-9H,3,6-7,10-12H2,1-2H3,(H2,19,20). The Hall–Kier alpha value is -2.15. The molecule has 0 aliphatic heterocycles. The zero-order valence-corrected chi connectivity index (χ0v) is 15.5. The van der Waals surface area contributed by atoms with E-state index in [-0.39, 0.29) is 5.75 Å². The fourth-order valence-corrected chi connectivity index (χ4v) is 3.96. The molecule has 134 valence electrons. The van der Waals surface area contributed by atoms with Crippen molar-refractivity contribution >= 4 is 37.5 Å². The highest BCUT2D eigenvalue weighted by molar-refractivity contribution is 7.90. The third kappa shape index (κ3) is 3.76. The van der Waals surface area contributed by atoms with Gasteiger partial charge in [0.05, 0.1) is 5.52 Å². The number of nitrogens with two attached hydrogens (primary N) is 1. The lowest BCUT2D eigenvalue weighted by molar-refractivity contribution is 0.569. The van der Waals surface area contributed by atoms with Gasteiger partial charge in [-0.25, -0.2) is 13.4 Å². The van der Waals surface area contributed by atoms with Crippen LogP contribution in [0.5, 0.6) is 0 Å². The van der Waals surface area contributed by atoms with Gasteiger partial charge < -0.3 is 5.73 Å². The Morgan fingerprint density at radius 3 is 2.68 bits per heavy atom. The molecule has 3 aromatic rings. The summed E-state index contributed by atoms with van der Waals surface area (Å²) in [5.41, 5.74) is 8.87. The summed E-state index contributed by atoms with van der Waals surface area (Å²) >= 11 is 0. The Bertz CT molecular complexity index is 1010. The van der Waals surface area contributed by atoms with Crippen LogP contribution in [0, 0.1) is 0 Å². The van der Waals surface area contributed by atoms with E-state index in [1.54, 1.807) is 0 Å². The fraction of sp³-hybridized carbons (Fsp3) is 0.444. The largest absolute Gasteiger partial charge is 0.382 e. The Labute approximate surface area is 148 Å². The van der Waals surface area contributed by atoms with Crippen molar-refractivity contribution in [2.45, 2.75) is 39.2 Å². The number of pyridine rings is 1. The molecule has 0 aliphatic rings. The second kappa shape index (κ2) is 7.00. The number of para-hydroxylation sites is 1. The summed E-state index contributed by atoms with van der Waals surface area (Å²) in [5, 5.41) is 6.79. The molecule has 25 heavy (non-hydrogen) atoms. The highest BCUT2D eigenvalue weighted by atomic mass is 32.2. The maximum atomic E-state index is 11.4. The first-order valence-corrected chi connectivity index (χ1v) is 10.7. The van der Waals surface area contributed by atoms with Crippen molar-refractivity contribution in [1.29, 1.82) is 0 Å². The van der Waals surface area contributed by atoms with Gasteiger partial charge in [-0.1, -0.05) is 25.1 Å². The zero-order chi connectivity index (χ0) is 18.0. The number of unbranched alkanes of at least 4 members (excludes halogenated alkanes) is 1. The highest BCUT2D eigenvalue weighted by Crippen LogP contribution is 2.31. The second-order valence-corrected chi connectivity index (χ2v) is 8.75. The zero-order valence-electron chi connectivity index (χ0n) is 14.7. The Kier molecular flexibility index (Phi) is 4.94. The Morgan fingerprint density at radius 2 is 1.96 bits per heavy atom. The van der Waals surface area contributed by atoms with E-state index in [0.717, 1.165) is 53.3 Å². The summed E-state index contributed by atoms with van der Waals surface area (Å²) in [7, 11) is -2.92. The van der Waals surface area contributed by atoms with Crippen LogP contribution in [0.3, 0.4) is 0 Å². The lowest BCUT2D eigenvalue weighted by atomic mass is 10.1. The van der Waals surface area contributed by atoms with Crippen LogP contribution >= 0.6 is 0 Å². The van der Waals surface area contributed by atoms with E-state index >= 15 is 0 Å². The summed E-state index contributed by atoms with van der Waals surface area (Å²) in [6, 6.07) is 7.94. The van der Waals surface area contributed by atoms with Crippen molar-refractivity contribution in [3.05, 3.63) is 30.0 Å². The number of nitrogens with zero attached hydrogens (tertiary/aromatic N) is 3. The average Bonchev–Trinajstić information content (AvgIpc) is 2.91. The van der Waals surface area contributed by atoms with E-state index in [1.165, 1.54) is 6.26 Å². The van der Waals surface area contributed by atoms with E-state index in [2.05, 4.69) is 11.9 Å². The van der Waals surface area contributed by atoms with Crippen LogP contribution in [0.15, 0.2) is 24.3 Å². The minimum Gasteiger partial charge on any atom is -0.382 e. The molecule has 3 rings (SSSR count). The SMILES string of the molecule is CCCn1nc2c(N)nc3ccccc3c2c1CCCCS(C)(=O)=O. The fourth-order valence-electron chi connectivity index (χ4n) is 3.23. The van der Waals surface area contributed by atoms with Crippen LogP contribution in [0.4, 0.5) is 5.82 Å². The molecule has 0 spiro atoms. The number of hydrogen-bond donors (Lipinski definition) is 1. The number of aromatic nitrogens is 3. The van der Waals surface area contributed by atoms with Crippen molar-refractivity contribution in [2.75, 3.05) is 17.7 Å². The monoisotopic (exact) mass is 360 g/mol. The van der Waals surface area contributed by atoms with Crippen LogP contribution in [0.2, 0.25) is 0 Å². The molecule has 0 unspecified atom stereocenters. The van der Waals surface area contributed by atoms with Crippen molar-refractivity contribution in [3.63, 3.8) is 0 Å². The number of hydrogen-bond acceptors (Lipinski definition) is 5. The third-order valence-corrected chi connectivity index (χ3v) is 5.36. The minimum atomic E-state index is -2.92. The normalized spacial score (nSPS) is 12.2. The van der Waals surface area contributed by atoms with Gasteiger partial charge in [0.25, 0.3) is 0 Å². The first kappa shape index (κ1) is 17.7. The molecule has 0 radical (unpaired) electrons. The van der Waals surface area contributed by atoms with Gasteiger partial charge in [0.2, 0.25) is 0 Å². The van der Waals surface area contributed by atoms with Crippen molar-refractivity contribution in [1.82, 2.24) is 14.8 Å². The summed E-state index contributed by atoms with van der Waals surface area (Å²) in [4.78, 5) is 4.47. The third-order valence-electron chi connectivity index (χ3n) is 4.33. The van der Waals surface area contributed by atoms with Gasteiger partial charge in [-0.05, 0) is 31.7 Å². The lowest BCUT2D eigenvalue weighted by Gasteiger charge is -2.08. The van der Waals surface area contributed by atoms with Gasteiger partial charge in [-0.15, -0.1) is 0 Å². The second-order valence-electron chi connectivity index (χ2n) is 6.49. The quantitative estimate of drug-likeness (QED) is 0.654. The van der Waals surface area contributed by atoms with E-state index in [0.29, 0.717) is 12.2 Å². The first-order chi connectivity index (χ1) is 11.9. The number of benzene rings is 1. The number of fused-ring (bicyclic) bond motifs is 3. The molecule has 0 aliphatic carbocycles. The number of aryl methyl sites for hydroxylation is 2. The molecule has 2 aromatic heterocycles. The number of rotatable bonds is 7. The molecule has 0 saturated heterocycles. The molecule has 1 aromatic carbocycles. The number of nitrogen functional groups attached to an aromatic ring is 1. The van der Waals surface area contributed by atoms with Crippen molar-refractivity contribution < 1.29 is 8.42 Å². The van der Waals surface area contributed by atoms with Gasteiger partial charge in [-0.3, -0.25) is 4.68 Å². The molecule has 0 fully saturated rings. The molecule has 0 bridgehead atoms. The van der Waals surface area contributed by atoms with Gasteiger partial charge in [0, 0.05) is 35.0 Å². The molecule has 0 saturated carbocycles. The minimum absolute atomic E-state index is 0.220. The maximum absolute atomic E-state index is 11.4. The predicted molar refractivity (Wildman–Crippen MR) is 102 cm³/mol. The summed E-state index contributed by atoms with van der Waals surface area (Å²) in [5.74, 6) is 0.665. The van der Waals surface area contributed by atoms with Crippen LogP contribution in [0.1, 0.15) is 31.9 Å². The molecule has 0 atom stereocenters. The predicted octanol–water partition coefficient (Wildman–Crippen LogP) is 2.94. The number of anilines is 1. The van der Waals surface area contributed by atoms with Gasteiger partial charge >= 0.3 is 0 Å². The topological polar surface area (TPSA) is 90.9 Å². The Morgan fingerprint density at radius 1 is 1.20 bits per heavy atom. The van der Waals surface area contributed by atoms with Crippen molar-refractivity contribution in [3.8, 4) is 0 Å². The van der Waals surface area contributed by atoms with E-state index in [4.69, 9.17) is 10.8 Å². The van der Waals surface area contributed by atoms with E-state index in [9.17, 15) is 8.42 Å². The molecular weight excluding hydrogens is 336 g/mol. The average molecular weight is 360 g/mol. The summed E-state index contributed by atoms with van der Waals surface area (Å²) in [6.07, 6.45) is 4.48. The van der Waals surface area contributed by atoms with Crippen LogP contribution in [-0.4, -0.2) is 35.2 Å². The van der Waals surface area contributed by atoms with Crippen LogP contribution in [0.25, 0.3) is 21.8 Å².